The van der Waals surface area contributed by atoms with E-state index in [1.54, 1.807) is 25.4 Å². The van der Waals surface area contributed by atoms with Crippen molar-refractivity contribution in [2.75, 3.05) is 5.32 Å². The van der Waals surface area contributed by atoms with Crippen LogP contribution in [0.3, 0.4) is 0 Å². The monoisotopic (exact) mass is 233 g/mol. The molecule has 88 valence electrons. The molecule has 1 aromatic heterocycles. The van der Waals surface area contributed by atoms with Gasteiger partial charge in [-0.05, 0) is 17.7 Å². The number of halogens is 1. The molecule has 0 amide bonds. The van der Waals surface area contributed by atoms with Crippen molar-refractivity contribution < 1.29 is 4.39 Å². The molecule has 1 N–H and O–H groups in total. The number of nitrogens with zero attached hydrogens (tertiary/aromatic N) is 2. The minimum absolute atomic E-state index is 0.205. The van der Waals surface area contributed by atoms with Crippen molar-refractivity contribution in [2.45, 2.75) is 6.54 Å². The second-order valence-electron chi connectivity index (χ2n) is 3.68. The lowest BCUT2D eigenvalue weighted by molar-refractivity contribution is 0.626. The van der Waals surface area contributed by atoms with Gasteiger partial charge in [0.15, 0.2) is 5.82 Å². The zero-order valence-corrected chi connectivity index (χ0v) is 9.35. The van der Waals surface area contributed by atoms with Crippen LogP contribution in [0.25, 0.3) is 0 Å². The maximum atomic E-state index is 12.9. The predicted molar refractivity (Wildman–Crippen MR) is 63.2 cm³/mol. The van der Waals surface area contributed by atoms with Crippen molar-refractivity contribution >= 4 is 5.82 Å². The van der Waals surface area contributed by atoms with Gasteiger partial charge in [-0.25, -0.2) is 9.37 Å². The molecule has 1 aromatic carbocycles. The minimum Gasteiger partial charge on any atom is -0.361 e. The molecular formula is C12H12FN3O. The third-order valence-corrected chi connectivity index (χ3v) is 2.37. The largest absolute Gasteiger partial charge is 0.361 e. The van der Waals surface area contributed by atoms with Gasteiger partial charge in [0.2, 0.25) is 0 Å². The van der Waals surface area contributed by atoms with Crippen LogP contribution in [0.5, 0.6) is 0 Å². The summed E-state index contributed by atoms with van der Waals surface area (Å²) in [4.78, 5) is 15.6. The molecule has 0 bridgehead atoms. The summed E-state index contributed by atoms with van der Waals surface area (Å²) in [5.41, 5.74) is 0.557. The number of aryl methyl sites for hydroxylation is 1. The standard InChI is InChI=1S/C12H12FN3O/c1-16-6-5-14-11(12(16)17)15-8-9-3-2-4-10(13)7-9/h2-7H,8H2,1H3,(H,14,15). The molecule has 2 rings (SSSR count). The quantitative estimate of drug-likeness (QED) is 0.874. The van der Waals surface area contributed by atoms with Crippen LogP contribution >= 0.6 is 0 Å². The molecule has 17 heavy (non-hydrogen) atoms. The Kier molecular flexibility index (Phi) is 3.18. The molecule has 4 nitrogen and oxygen atoms in total. The van der Waals surface area contributed by atoms with Crippen LogP contribution in [0.15, 0.2) is 41.5 Å². The van der Waals surface area contributed by atoms with E-state index in [2.05, 4.69) is 10.3 Å². The van der Waals surface area contributed by atoms with Crippen molar-refractivity contribution in [3.05, 3.63) is 58.4 Å². The number of benzene rings is 1. The van der Waals surface area contributed by atoms with E-state index in [0.717, 1.165) is 5.56 Å². The Hall–Kier alpha value is -2.17. The third-order valence-electron chi connectivity index (χ3n) is 2.37. The molecule has 0 radical (unpaired) electrons. The zero-order valence-electron chi connectivity index (χ0n) is 9.35. The summed E-state index contributed by atoms with van der Waals surface area (Å²) >= 11 is 0. The summed E-state index contributed by atoms with van der Waals surface area (Å²) in [5, 5.41) is 2.89. The summed E-state index contributed by atoms with van der Waals surface area (Å²) in [7, 11) is 1.65. The maximum Gasteiger partial charge on any atom is 0.293 e. The molecule has 0 aliphatic rings. The van der Waals surface area contributed by atoms with Gasteiger partial charge in [-0.2, -0.15) is 0 Å². The van der Waals surface area contributed by atoms with E-state index in [0.29, 0.717) is 6.54 Å². The van der Waals surface area contributed by atoms with Crippen LogP contribution in [0.1, 0.15) is 5.56 Å². The van der Waals surface area contributed by atoms with Crippen LogP contribution in [-0.2, 0) is 13.6 Å². The predicted octanol–water partition coefficient (Wildman–Crippen LogP) is 1.53. The van der Waals surface area contributed by atoms with Crippen molar-refractivity contribution in [2.24, 2.45) is 7.05 Å². The van der Waals surface area contributed by atoms with Gasteiger partial charge in [-0.3, -0.25) is 4.79 Å². The van der Waals surface area contributed by atoms with E-state index in [1.807, 2.05) is 0 Å². The van der Waals surface area contributed by atoms with Gasteiger partial charge in [-0.15, -0.1) is 0 Å². The van der Waals surface area contributed by atoms with E-state index in [4.69, 9.17) is 0 Å². The summed E-state index contributed by atoms with van der Waals surface area (Å²) in [6.07, 6.45) is 3.12. The molecule has 0 atom stereocenters. The van der Waals surface area contributed by atoms with Crippen LogP contribution in [-0.4, -0.2) is 9.55 Å². The Labute approximate surface area is 97.7 Å². The molecule has 0 unspecified atom stereocenters. The first-order valence-electron chi connectivity index (χ1n) is 5.17. The van der Waals surface area contributed by atoms with Crippen molar-refractivity contribution in [1.29, 1.82) is 0 Å². The Balaban J connectivity index is 2.13. The topological polar surface area (TPSA) is 46.9 Å². The van der Waals surface area contributed by atoms with Gasteiger partial charge >= 0.3 is 0 Å². The summed E-state index contributed by atoms with van der Waals surface area (Å²) in [5.74, 6) is -0.0301. The lowest BCUT2D eigenvalue weighted by Gasteiger charge is -2.06. The molecule has 0 spiro atoms. The molecule has 0 saturated carbocycles. The number of hydrogen-bond donors (Lipinski definition) is 1. The average molecular weight is 233 g/mol. The summed E-state index contributed by atoms with van der Waals surface area (Å²) < 4.78 is 14.4. The fraction of sp³-hybridized carbons (Fsp3) is 0.167. The summed E-state index contributed by atoms with van der Waals surface area (Å²) in [6.45, 7) is 0.365. The highest BCUT2D eigenvalue weighted by atomic mass is 19.1. The first-order valence-corrected chi connectivity index (χ1v) is 5.17. The first kappa shape index (κ1) is 11.3. The molecule has 5 heteroatoms. The molecule has 0 aliphatic heterocycles. The van der Waals surface area contributed by atoms with Gasteiger partial charge in [-0.1, -0.05) is 12.1 Å². The molecule has 0 saturated heterocycles. The van der Waals surface area contributed by atoms with Gasteiger partial charge in [0, 0.05) is 26.0 Å². The van der Waals surface area contributed by atoms with Crippen LogP contribution < -0.4 is 10.9 Å². The number of aromatic nitrogens is 2. The van der Waals surface area contributed by atoms with E-state index in [1.165, 1.54) is 22.9 Å². The highest BCUT2D eigenvalue weighted by molar-refractivity contribution is 5.32. The fourth-order valence-electron chi connectivity index (χ4n) is 1.45. The third kappa shape index (κ3) is 2.69. The lowest BCUT2D eigenvalue weighted by atomic mass is 10.2. The molecule has 2 aromatic rings. The second-order valence-corrected chi connectivity index (χ2v) is 3.68. The molecule has 0 aliphatic carbocycles. The number of rotatable bonds is 3. The van der Waals surface area contributed by atoms with Crippen LogP contribution in [0.2, 0.25) is 0 Å². The molecule has 1 heterocycles. The van der Waals surface area contributed by atoms with E-state index in [9.17, 15) is 9.18 Å². The highest BCUT2D eigenvalue weighted by Crippen LogP contribution is 2.05. The van der Waals surface area contributed by atoms with Gasteiger partial charge in [0.25, 0.3) is 5.56 Å². The zero-order chi connectivity index (χ0) is 12.3. The normalized spacial score (nSPS) is 10.2. The Morgan fingerprint density at radius 2 is 2.29 bits per heavy atom. The van der Waals surface area contributed by atoms with E-state index in [-0.39, 0.29) is 17.2 Å². The van der Waals surface area contributed by atoms with Crippen LogP contribution in [0, 0.1) is 5.82 Å². The SMILES string of the molecule is Cn1ccnc(NCc2cccc(F)c2)c1=O. The smallest absolute Gasteiger partial charge is 0.293 e. The highest BCUT2D eigenvalue weighted by Gasteiger charge is 2.02. The maximum absolute atomic E-state index is 12.9. The number of anilines is 1. The fourth-order valence-corrected chi connectivity index (χ4v) is 1.45. The van der Waals surface area contributed by atoms with Crippen molar-refractivity contribution in [1.82, 2.24) is 9.55 Å². The van der Waals surface area contributed by atoms with Crippen LogP contribution in [0.4, 0.5) is 10.2 Å². The average Bonchev–Trinajstić information content (AvgIpc) is 2.31. The Bertz CT molecular complexity index is 580. The van der Waals surface area contributed by atoms with E-state index >= 15 is 0 Å². The van der Waals surface area contributed by atoms with Crippen molar-refractivity contribution in [3.8, 4) is 0 Å². The summed E-state index contributed by atoms with van der Waals surface area (Å²) in [6, 6.07) is 6.20. The lowest BCUT2D eigenvalue weighted by Crippen LogP contribution is -2.21. The van der Waals surface area contributed by atoms with Gasteiger partial charge in [0.1, 0.15) is 5.82 Å². The number of nitrogens with one attached hydrogen (secondary N) is 1. The van der Waals surface area contributed by atoms with Gasteiger partial charge < -0.3 is 9.88 Å². The van der Waals surface area contributed by atoms with Crippen molar-refractivity contribution in [3.63, 3.8) is 0 Å². The Morgan fingerprint density at radius 3 is 3.06 bits per heavy atom. The second kappa shape index (κ2) is 4.78. The first-order chi connectivity index (χ1) is 8.16. The minimum atomic E-state index is -0.293. The molecule has 0 fully saturated rings. The van der Waals surface area contributed by atoms with E-state index < -0.39 is 0 Å². The van der Waals surface area contributed by atoms with Gasteiger partial charge in [0.05, 0.1) is 0 Å². The Morgan fingerprint density at radius 1 is 1.47 bits per heavy atom. The molecular weight excluding hydrogens is 221 g/mol. The number of hydrogen-bond acceptors (Lipinski definition) is 3.